The maximum atomic E-state index is 12.7. The monoisotopic (exact) mass is 471 g/mol. The molecule has 0 aliphatic rings. The van der Waals surface area contributed by atoms with Crippen LogP contribution in [0.1, 0.15) is 12.5 Å². The van der Waals surface area contributed by atoms with Gasteiger partial charge in [-0.15, -0.1) is 24.8 Å². The lowest BCUT2D eigenvalue weighted by molar-refractivity contribution is 0.0730. The summed E-state index contributed by atoms with van der Waals surface area (Å²) in [6, 6.07) is 16.5. The molecule has 0 bridgehead atoms. The Morgan fingerprint density at radius 3 is 2.47 bits per heavy atom. The lowest BCUT2D eigenvalue weighted by Crippen LogP contribution is -2.44. The van der Waals surface area contributed by atoms with E-state index in [9.17, 15) is 8.42 Å². The lowest BCUT2D eigenvalue weighted by Gasteiger charge is -2.21. The van der Waals surface area contributed by atoms with Gasteiger partial charge in [-0.25, -0.2) is 13.1 Å². The number of hydrogen-bond donors (Lipinski definition) is 2. The summed E-state index contributed by atoms with van der Waals surface area (Å²) in [5, 5.41) is 5.01. The molecule has 2 aromatic carbocycles. The molecule has 30 heavy (non-hydrogen) atoms. The van der Waals surface area contributed by atoms with Crippen LogP contribution in [0.4, 0.5) is 0 Å². The van der Waals surface area contributed by atoms with Crippen molar-refractivity contribution in [3.8, 4) is 0 Å². The Balaban J connectivity index is 0.00000225. The molecule has 0 fully saturated rings. The van der Waals surface area contributed by atoms with Crippen molar-refractivity contribution in [3.63, 3.8) is 0 Å². The van der Waals surface area contributed by atoms with Crippen molar-refractivity contribution in [3.05, 3.63) is 72.6 Å². The molecule has 0 spiro atoms. The fourth-order valence-electron chi connectivity index (χ4n) is 2.98. The molecule has 3 aromatic rings. The summed E-state index contributed by atoms with van der Waals surface area (Å²) in [4.78, 5) is 4.29. The van der Waals surface area contributed by atoms with Crippen LogP contribution in [0.5, 0.6) is 0 Å². The van der Waals surface area contributed by atoms with Gasteiger partial charge >= 0.3 is 0 Å². The smallest absolute Gasteiger partial charge is 0.240 e. The van der Waals surface area contributed by atoms with Crippen LogP contribution < -0.4 is 10.0 Å². The van der Waals surface area contributed by atoms with Crippen molar-refractivity contribution >= 4 is 45.6 Å². The van der Waals surface area contributed by atoms with Gasteiger partial charge in [-0.05, 0) is 36.1 Å². The van der Waals surface area contributed by atoms with Gasteiger partial charge in [-0.1, -0.05) is 36.4 Å². The third-order valence-corrected chi connectivity index (χ3v) is 6.07. The third-order valence-electron chi connectivity index (χ3n) is 4.48. The second kappa shape index (κ2) is 12.2. The SMILES string of the molecule is COC(Cc1ccccc1)NCC(C)NS(=O)(=O)c1ccc2cnccc2c1.Cl.Cl. The van der Waals surface area contributed by atoms with Gasteiger partial charge < -0.3 is 4.74 Å². The Labute approximate surface area is 190 Å². The molecule has 2 unspecified atom stereocenters. The number of sulfonamides is 1. The Bertz CT molecular complexity index is 1020. The van der Waals surface area contributed by atoms with Crippen LogP contribution in [0.2, 0.25) is 0 Å². The second-order valence-electron chi connectivity index (χ2n) is 6.73. The van der Waals surface area contributed by atoms with Crippen molar-refractivity contribution in [2.45, 2.75) is 30.5 Å². The summed E-state index contributed by atoms with van der Waals surface area (Å²) in [6.07, 6.45) is 3.87. The molecular weight excluding hydrogens is 445 g/mol. The molecule has 0 aliphatic heterocycles. The highest BCUT2D eigenvalue weighted by Crippen LogP contribution is 2.18. The summed E-state index contributed by atoms with van der Waals surface area (Å²) in [6.45, 7) is 2.27. The summed E-state index contributed by atoms with van der Waals surface area (Å²) in [7, 11) is -1.98. The van der Waals surface area contributed by atoms with Crippen LogP contribution in [-0.2, 0) is 21.2 Å². The Morgan fingerprint density at radius 1 is 1.03 bits per heavy atom. The number of halogens is 2. The summed E-state index contributed by atoms with van der Waals surface area (Å²) in [5.41, 5.74) is 1.15. The van der Waals surface area contributed by atoms with Crippen LogP contribution in [0.3, 0.4) is 0 Å². The molecule has 164 valence electrons. The van der Waals surface area contributed by atoms with Crippen LogP contribution >= 0.6 is 24.8 Å². The Morgan fingerprint density at radius 2 is 1.77 bits per heavy atom. The number of ether oxygens (including phenoxy) is 1. The Hall–Kier alpha value is -1.74. The number of fused-ring (bicyclic) bond motifs is 1. The Kier molecular flexibility index (Phi) is 10.7. The van der Waals surface area contributed by atoms with Gasteiger partial charge in [0.1, 0.15) is 6.23 Å². The molecule has 1 aromatic heterocycles. The molecule has 1 heterocycles. The molecule has 0 aliphatic carbocycles. The first-order valence-electron chi connectivity index (χ1n) is 9.14. The zero-order valence-corrected chi connectivity index (χ0v) is 19.3. The van der Waals surface area contributed by atoms with E-state index in [1.165, 1.54) is 0 Å². The van der Waals surface area contributed by atoms with Gasteiger partial charge in [0.05, 0.1) is 4.90 Å². The van der Waals surface area contributed by atoms with Gasteiger partial charge in [0.2, 0.25) is 10.0 Å². The van der Waals surface area contributed by atoms with Crippen LogP contribution in [0.25, 0.3) is 10.8 Å². The predicted octanol–water partition coefficient (Wildman–Crippen LogP) is 3.55. The number of hydrogen-bond acceptors (Lipinski definition) is 5. The molecule has 2 atom stereocenters. The van der Waals surface area contributed by atoms with Crippen molar-refractivity contribution in [1.29, 1.82) is 0 Å². The summed E-state index contributed by atoms with van der Waals surface area (Å²) < 4.78 is 33.6. The van der Waals surface area contributed by atoms with E-state index >= 15 is 0 Å². The van der Waals surface area contributed by atoms with E-state index in [1.54, 1.807) is 43.8 Å². The molecule has 0 amide bonds. The van der Waals surface area contributed by atoms with Crippen molar-refractivity contribution < 1.29 is 13.2 Å². The van der Waals surface area contributed by atoms with E-state index < -0.39 is 10.0 Å². The van der Waals surface area contributed by atoms with Crippen LogP contribution in [-0.4, -0.2) is 39.3 Å². The first kappa shape index (κ1) is 26.3. The largest absolute Gasteiger partial charge is 0.366 e. The molecule has 6 nitrogen and oxygen atoms in total. The topological polar surface area (TPSA) is 80.3 Å². The zero-order valence-electron chi connectivity index (χ0n) is 16.8. The van der Waals surface area contributed by atoms with Crippen LogP contribution in [0, 0.1) is 0 Å². The number of benzene rings is 2. The first-order valence-corrected chi connectivity index (χ1v) is 10.6. The second-order valence-corrected chi connectivity index (χ2v) is 8.44. The van der Waals surface area contributed by atoms with Gasteiger partial charge in [0, 0.05) is 43.9 Å². The number of nitrogens with one attached hydrogen (secondary N) is 2. The highest BCUT2D eigenvalue weighted by molar-refractivity contribution is 7.89. The fourth-order valence-corrected chi connectivity index (χ4v) is 4.26. The quantitative estimate of drug-likeness (QED) is 0.466. The number of pyridine rings is 1. The highest BCUT2D eigenvalue weighted by Gasteiger charge is 2.18. The average Bonchev–Trinajstić information content (AvgIpc) is 2.71. The number of rotatable bonds is 9. The minimum Gasteiger partial charge on any atom is -0.366 e. The number of methoxy groups -OCH3 is 1. The van der Waals surface area contributed by atoms with Gasteiger partial charge in [-0.3, -0.25) is 10.3 Å². The summed E-state index contributed by atoms with van der Waals surface area (Å²) >= 11 is 0. The molecule has 0 saturated heterocycles. The third kappa shape index (κ3) is 7.19. The molecule has 0 radical (unpaired) electrons. The molecule has 9 heteroatoms. The minimum absolute atomic E-state index is 0. The van der Waals surface area contributed by atoms with Gasteiger partial charge in [0.15, 0.2) is 0 Å². The minimum atomic E-state index is -3.62. The van der Waals surface area contributed by atoms with E-state index in [0.717, 1.165) is 16.3 Å². The van der Waals surface area contributed by atoms with Crippen molar-refractivity contribution in [2.75, 3.05) is 13.7 Å². The standard InChI is InChI=1S/C21H25N3O3S.2ClH/c1-16(14-23-21(27-2)12-17-6-4-3-5-7-17)24-28(25,26)20-9-8-19-15-22-11-10-18(19)13-20;;/h3-11,13,15-16,21,23-24H,12,14H2,1-2H3;2*1H. The average molecular weight is 472 g/mol. The maximum absolute atomic E-state index is 12.7. The molecule has 3 rings (SSSR count). The van der Waals surface area contributed by atoms with E-state index in [1.807, 2.05) is 37.3 Å². The zero-order chi connectivity index (χ0) is 20.0. The molecule has 2 N–H and O–H groups in total. The fraction of sp³-hybridized carbons (Fsp3) is 0.286. The maximum Gasteiger partial charge on any atom is 0.240 e. The van der Waals surface area contributed by atoms with Crippen molar-refractivity contribution in [1.82, 2.24) is 15.0 Å². The number of nitrogens with zero attached hydrogens (tertiary/aromatic N) is 1. The molecule has 0 saturated carbocycles. The van der Waals surface area contributed by atoms with E-state index in [0.29, 0.717) is 13.0 Å². The van der Waals surface area contributed by atoms with E-state index in [-0.39, 0.29) is 42.0 Å². The van der Waals surface area contributed by atoms with Gasteiger partial charge in [0.25, 0.3) is 0 Å². The van der Waals surface area contributed by atoms with Gasteiger partial charge in [-0.2, -0.15) is 0 Å². The lowest BCUT2D eigenvalue weighted by atomic mass is 10.1. The van der Waals surface area contributed by atoms with Crippen LogP contribution in [0.15, 0.2) is 71.9 Å². The predicted molar refractivity (Wildman–Crippen MR) is 125 cm³/mol. The molecular formula is C21H27Cl2N3O3S. The van der Waals surface area contributed by atoms with E-state index in [4.69, 9.17) is 4.74 Å². The van der Waals surface area contributed by atoms with Crippen molar-refractivity contribution in [2.24, 2.45) is 0 Å². The highest BCUT2D eigenvalue weighted by atomic mass is 35.5. The normalized spacial score (nSPS) is 13.1. The van der Waals surface area contributed by atoms with E-state index in [2.05, 4.69) is 15.0 Å². The summed E-state index contributed by atoms with van der Waals surface area (Å²) in [5.74, 6) is 0. The number of aromatic nitrogens is 1. The first-order chi connectivity index (χ1) is 13.5.